The maximum atomic E-state index is 13.3. The van der Waals surface area contributed by atoms with Gasteiger partial charge in [0.2, 0.25) is 0 Å². The molecule has 2 aromatic rings. The lowest BCUT2D eigenvalue weighted by molar-refractivity contribution is -0.127. The summed E-state index contributed by atoms with van der Waals surface area (Å²) in [5.41, 5.74) is 4.15. The molecule has 1 fully saturated rings. The van der Waals surface area contributed by atoms with Gasteiger partial charge >= 0.3 is 0 Å². The van der Waals surface area contributed by atoms with E-state index in [1.54, 1.807) is 36.4 Å². The molecule has 2 atom stereocenters. The molecule has 0 aromatic heterocycles. The standard InChI is InChI=1S/C23H32N4O5S3/c1-17(2)15-27(34(29,30)21-11-9-18(3)10-12-21)25-23(28)22-13-20(33)16-26(22)35(31,32)24-14-19-7-5-4-6-8-19/h4-12,17,20,22,24,33H,13-16H2,1-3H3,(H,25,28)/t20-,22+/m1/s1. The van der Waals surface area contributed by atoms with Crippen LogP contribution in [0.25, 0.3) is 0 Å². The second kappa shape index (κ2) is 11.4. The molecule has 1 aliphatic rings. The molecular weight excluding hydrogens is 508 g/mol. The molecule has 1 amide bonds. The Labute approximate surface area is 213 Å². The van der Waals surface area contributed by atoms with Crippen molar-refractivity contribution in [2.45, 2.75) is 49.9 Å². The monoisotopic (exact) mass is 540 g/mol. The van der Waals surface area contributed by atoms with Crippen LogP contribution in [-0.2, 0) is 31.6 Å². The first-order valence-electron chi connectivity index (χ1n) is 11.3. The summed E-state index contributed by atoms with van der Waals surface area (Å²) in [5.74, 6) is -0.813. The first-order chi connectivity index (χ1) is 16.4. The van der Waals surface area contributed by atoms with Crippen LogP contribution in [0.4, 0.5) is 0 Å². The van der Waals surface area contributed by atoms with Crippen LogP contribution in [0.15, 0.2) is 59.5 Å². The molecule has 12 heteroatoms. The van der Waals surface area contributed by atoms with Crippen molar-refractivity contribution >= 4 is 38.8 Å². The van der Waals surface area contributed by atoms with Gasteiger partial charge in [0.1, 0.15) is 6.04 Å². The van der Waals surface area contributed by atoms with Crippen molar-refractivity contribution in [3.05, 3.63) is 65.7 Å². The van der Waals surface area contributed by atoms with E-state index in [1.165, 1.54) is 12.1 Å². The number of nitrogens with one attached hydrogen (secondary N) is 2. The van der Waals surface area contributed by atoms with Crippen molar-refractivity contribution in [3.8, 4) is 0 Å². The third kappa shape index (κ3) is 7.05. The molecule has 2 N–H and O–H groups in total. The number of rotatable bonds is 10. The van der Waals surface area contributed by atoms with Crippen molar-refractivity contribution in [1.29, 1.82) is 0 Å². The average molecular weight is 541 g/mol. The Morgan fingerprint density at radius 1 is 1.09 bits per heavy atom. The largest absolute Gasteiger partial charge is 0.280 e. The Hall–Kier alpha value is -1.96. The molecule has 0 spiro atoms. The summed E-state index contributed by atoms with van der Waals surface area (Å²) >= 11 is 4.40. The molecule has 1 saturated heterocycles. The second-order valence-corrected chi connectivity index (χ2v) is 13.3. The van der Waals surface area contributed by atoms with E-state index < -0.39 is 32.2 Å². The normalized spacial score (nSPS) is 19.4. The molecule has 0 bridgehead atoms. The molecule has 0 saturated carbocycles. The van der Waals surface area contributed by atoms with Gasteiger partial charge in [-0.2, -0.15) is 30.1 Å². The molecule has 35 heavy (non-hydrogen) atoms. The number of aryl methyl sites for hydroxylation is 1. The van der Waals surface area contributed by atoms with E-state index in [-0.39, 0.29) is 42.1 Å². The van der Waals surface area contributed by atoms with Gasteiger partial charge in [0, 0.05) is 24.9 Å². The second-order valence-electron chi connectivity index (χ2n) is 9.01. The molecule has 9 nitrogen and oxygen atoms in total. The fourth-order valence-electron chi connectivity index (χ4n) is 3.71. The Bertz CT molecular complexity index is 1220. The third-order valence-electron chi connectivity index (χ3n) is 5.52. The van der Waals surface area contributed by atoms with Gasteiger partial charge in [0.15, 0.2) is 0 Å². The first kappa shape index (κ1) is 27.6. The van der Waals surface area contributed by atoms with E-state index in [2.05, 4.69) is 22.8 Å². The zero-order valence-corrected chi connectivity index (χ0v) is 22.5. The van der Waals surface area contributed by atoms with Gasteiger partial charge < -0.3 is 0 Å². The minimum absolute atomic E-state index is 0.0258. The van der Waals surface area contributed by atoms with Crippen LogP contribution in [0.1, 0.15) is 31.4 Å². The van der Waals surface area contributed by atoms with Crippen molar-refractivity contribution < 1.29 is 21.6 Å². The lowest BCUT2D eigenvalue weighted by atomic mass is 10.2. The van der Waals surface area contributed by atoms with Crippen LogP contribution in [0.2, 0.25) is 0 Å². The molecule has 0 aliphatic carbocycles. The molecule has 192 valence electrons. The van der Waals surface area contributed by atoms with E-state index in [0.29, 0.717) is 0 Å². The highest BCUT2D eigenvalue weighted by Gasteiger charge is 2.43. The van der Waals surface area contributed by atoms with Gasteiger partial charge in [-0.1, -0.05) is 61.9 Å². The summed E-state index contributed by atoms with van der Waals surface area (Å²) in [5, 5.41) is -0.369. The molecular formula is C23H32N4O5S3. The van der Waals surface area contributed by atoms with Crippen LogP contribution >= 0.6 is 12.6 Å². The van der Waals surface area contributed by atoms with Crippen molar-refractivity contribution in [3.63, 3.8) is 0 Å². The Morgan fingerprint density at radius 3 is 2.31 bits per heavy atom. The summed E-state index contributed by atoms with van der Waals surface area (Å²) in [6, 6.07) is 14.2. The minimum Gasteiger partial charge on any atom is -0.274 e. The molecule has 2 aromatic carbocycles. The van der Waals surface area contributed by atoms with Crippen LogP contribution in [0.3, 0.4) is 0 Å². The first-order valence-corrected chi connectivity index (χ1v) is 14.7. The van der Waals surface area contributed by atoms with Crippen molar-refractivity contribution in [2.75, 3.05) is 13.1 Å². The predicted molar refractivity (Wildman–Crippen MR) is 138 cm³/mol. The summed E-state index contributed by atoms with van der Waals surface area (Å²) in [6.45, 7) is 5.62. The van der Waals surface area contributed by atoms with Gasteiger partial charge in [0.05, 0.1) is 4.90 Å². The Kier molecular flexibility index (Phi) is 9.00. The Balaban J connectivity index is 1.80. The highest BCUT2D eigenvalue weighted by molar-refractivity contribution is 7.89. The number of sulfonamides is 1. The smallest absolute Gasteiger partial charge is 0.274 e. The molecule has 0 radical (unpaired) electrons. The Morgan fingerprint density at radius 2 is 1.71 bits per heavy atom. The number of amides is 1. The molecule has 3 rings (SSSR count). The lowest BCUT2D eigenvalue weighted by Gasteiger charge is -2.28. The zero-order chi connectivity index (χ0) is 25.8. The molecule has 1 heterocycles. The van der Waals surface area contributed by atoms with Gasteiger partial charge in [-0.15, -0.1) is 4.41 Å². The van der Waals surface area contributed by atoms with E-state index in [9.17, 15) is 21.6 Å². The average Bonchev–Trinajstić information content (AvgIpc) is 3.21. The SMILES string of the molecule is Cc1ccc(S(=O)(=O)N(CC(C)C)NC(=O)[C@@H]2C[C@@H](S)CN2S(=O)(=O)NCc2ccccc2)cc1. The van der Waals surface area contributed by atoms with Crippen LogP contribution in [0.5, 0.6) is 0 Å². The van der Waals surface area contributed by atoms with Crippen LogP contribution in [0, 0.1) is 12.8 Å². The fraction of sp³-hybridized carbons (Fsp3) is 0.435. The fourth-order valence-corrected chi connectivity index (χ4v) is 7.04. The minimum atomic E-state index is -4.05. The van der Waals surface area contributed by atoms with Gasteiger partial charge in [-0.25, -0.2) is 8.42 Å². The van der Waals surface area contributed by atoms with Gasteiger partial charge in [-0.3, -0.25) is 10.2 Å². The summed E-state index contributed by atoms with van der Waals surface area (Å²) in [7, 11) is -8.08. The lowest BCUT2D eigenvalue weighted by Crippen LogP contribution is -2.55. The number of benzene rings is 2. The van der Waals surface area contributed by atoms with Crippen LogP contribution < -0.4 is 10.1 Å². The van der Waals surface area contributed by atoms with Crippen LogP contribution in [-0.4, -0.2) is 55.8 Å². The molecule has 1 aliphatic heterocycles. The number of carbonyl (C=O) groups excluding carboxylic acids is 1. The van der Waals surface area contributed by atoms with Crippen molar-refractivity contribution in [2.24, 2.45) is 5.92 Å². The van der Waals surface area contributed by atoms with Gasteiger partial charge in [-0.05, 0) is 37.0 Å². The number of thiol groups is 1. The number of hydrogen-bond donors (Lipinski definition) is 3. The number of nitrogens with zero attached hydrogens (tertiary/aromatic N) is 2. The third-order valence-corrected chi connectivity index (χ3v) is 9.11. The van der Waals surface area contributed by atoms with Crippen molar-refractivity contribution in [1.82, 2.24) is 18.9 Å². The number of hydrogen-bond acceptors (Lipinski definition) is 6. The summed E-state index contributed by atoms with van der Waals surface area (Å²) in [6.07, 6.45) is 0.154. The zero-order valence-electron chi connectivity index (χ0n) is 20.0. The van der Waals surface area contributed by atoms with E-state index in [4.69, 9.17) is 0 Å². The quantitative estimate of drug-likeness (QED) is 0.315. The van der Waals surface area contributed by atoms with E-state index in [0.717, 1.165) is 19.8 Å². The predicted octanol–water partition coefficient (Wildman–Crippen LogP) is 2.08. The topological polar surface area (TPSA) is 116 Å². The van der Waals surface area contributed by atoms with E-state index >= 15 is 0 Å². The maximum absolute atomic E-state index is 13.3. The van der Waals surface area contributed by atoms with E-state index in [1.807, 2.05) is 26.8 Å². The summed E-state index contributed by atoms with van der Waals surface area (Å²) in [4.78, 5) is 13.3. The highest BCUT2D eigenvalue weighted by Crippen LogP contribution is 2.25. The number of carbonyl (C=O) groups is 1. The highest BCUT2D eigenvalue weighted by atomic mass is 32.2. The molecule has 0 unspecified atom stereocenters. The van der Waals surface area contributed by atoms with Gasteiger partial charge in [0.25, 0.3) is 26.1 Å². The number of hydrazine groups is 1. The summed E-state index contributed by atoms with van der Waals surface area (Å²) < 4.78 is 57.1. The maximum Gasteiger partial charge on any atom is 0.280 e.